The molecular formula is C24H22N2O5S2. The summed E-state index contributed by atoms with van der Waals surface area (Å²) < 4.78 is 22.7. The minimum Gasteiger partial charge on any atom is -0.493 e. The van der Waals surface area contributed by atoms with Gasteiger partial charge >= 0.3 is 0 Å². The standard InChI is InChI=1S/C24H22N2O5S2/c1-28-19-11-16(12-20(29-2)22(19)30-3)18-7-6-17(31-18)13-21-23(27)26(24(32)33-21)10-8-15-5-4-9-25-14-15/h4-7,9,11-14H,8,10H2,1-3H3/b21-13-. The summed E-state index contributed by atoms with van der Waals surface area (Å²) >= 11 is 6.70. The molecule has 0 N–H and O–H groups in total. The predicted molar refractivity (Wildman–Crippen MR) is 132 cm³/mol. The van der Waals surface area contributed by atoms with Crippen LogP contribution in [0.5, 0.6) is 17.2 Å². The second-order valence-corrected chi connectivity index (χ2v) is 8.74. The van der Waals surface area contributed by atoms with E-state index in [1.54, 1.807) is 50.8 Å². The maximum absolute atomic E-state index is 12.9. The fraction of sp³-hybridized carbons (Fsp3) is 0.208. The van der Waals surface area contributed by atoms with Gasteiger partial charge in [0.2, 0.25) is 5.75 Å². The van der Waals surface area contributed by atoms with Crippen molar-refractivity contribution in [1.82, 2.24) is 9.88 Å². The zero-order valence-electron chi connectivity index (χ0n) is 18.4. The number of hydrogen-bond donors (Lipinski definition) is 0. The van der Waals surface area contributed by atoms with Crippen LogP contribution in [0.3, 0.4) is 0 Å². The number of thiocarbonyl (C=S) groups is 1. The quantitative estimate of drug-likeness (QED) is 0.335. The van der Waals surface area contributed by atoms with E-state index in [9.17, 15) is 4.79 Å². The van der Waals surface area contributed by atoms with Crippen molar-refractivity contribution in [2.75, 3.05) is 27.9 Å². The molecule has 7 nitrogen and oxygen atoms in total. The average Bonchev–Trinajstić information content (AvgIpc) is 3.41. The molecule has 1 aromatic carbocycles. The van der Waals surface area contributed by atoms with E-state index >= 15 is 0 Å². The van der Waals surface area contributed by atoms with Crippen molar-refractivity contribution in [2.24, 2.45) is 0 Å². The normalized spacial score (nSPS) is 14.8. The van der Waals surface area contributed by atoms with Crippen molar-refractivity contribution in [2.45, 2.75) is 6.42 Å². The van der Waals surface area contributed by atoms with Gasteiger partial charge in [0, 0.05) is 30.6 Å². The number of ether oxygens (including phenoxy) is 3. The van der Waals surface area contributed by atoms with E-state index in [0.717, 1.165) is 11.1 Å². The van der Waals surface area contributed by atoms with Crippen molar-refractivity contribution in [3.05, 3.63) is 65.0 Å². The summed E-state index contributed by atoms with van der Waals surface area (Å²) in [5.41, 5.74) is 1.81. The largest absolute Gasteiger partial charge is 0.493 e. The third-order valence-corrected chi connectivity index (χ3v) is 6.45. The smallest absolute Gasteiger partial charge is 0.266 e. The predicted octanol–water partition coefficient (Wildman–Crippen LogP) is 4.81. The fourth-order valence-electron chi connectivity index (χ4n) is 3.42. The molecule has 0 spiro atoms. The molecule has 1 aliphatic heterocycles. The van der Waals surface area contributed by atoms with Gasteiger partial charge in [0.1, 0.15) is 15.8 Å². The number of pyridine rings is 1. The van der Waals surface area contributed by atoms with E-state index in [1.807, 2.05) is 30.3 Å². The molecule has 0 saturated carbocycles. The van der Waals surface area contributed by atoms with Gasteiger partial charge in [0.05, 0.1) is 26.2 Å². The van der Waals surface area contributed by atoms with E-state index in [1.165, 1.54) is 11.8 Å². The molecule has 4 rings (SSSR count). The summed E-state index contributed by atoms with van der Waals surface area (Å²) in [6.07, 6.45) is 5.91. The third-order valence-electron chi connectivity index (χ3n) is 5.07. The monoisotopic (exact) mass is 482 g/mol. The average molecular weight is 483 g/mol. The highest BCUT2D eigenvalue weighted by Crippen LogP contribution is 2.42. The van der Waals surface area contributed by atoms with Crippen LogP contribution in [0.25, 0.3) is 17.4 Å². The number of thioether (sulfide) groups is 1. The lowest BCUT2D eigenvalue weighted by Crippen LogP contribution is -2.30. The highest BCUT2D eigenvalue weighted by molar-refractivity contribution is 8.26. The van der Waals surface area contributed by atoms with E-state index in [4.69, 9.17) is 30.8 Å². The van der Waals surface area contributed by atoms with Crippen LogP contribution in [0.2, 0.25) is 0 Å². The van der Waals surface area contributed by atoms with Crippen LogP contribution in [-0.2, 0) is 11.2 Å². The molecule has 0 atom stereocenters. The Labute approximate surface area is 201 Å². The summed E-state index contributed by atoms with van der Waals surface area (Å²) in [4.78, 5) is 19.1. The molecule has 33 heavy (non-hydrogen) atoms. The van der Waals surface area contributed by atoms with E-state index in [0.29, 0.717) is 51.0 Å². The lowest BCUT2D eigenvalue weighted by Gasteiger charge is -2.13. The summed E-state index contributed by atoms with van der Waals surface area (Å²) in [6.45, 7) is 0.503. The molecule has 3 heterocycles. The van der Waals surface area contributed by atoms with Gasteiger partial charge in [-0.25, -0.2) is 0 Å². The lowest BCUT2D eigenvalue weighted by atomic mass is 10.1. The number of hydrogen-bond acceptors (Lipinski definition) is 8. The second kappa shape index (κ2) is 10.1. The molecule has 0 bridgehead atoms. The molecule has 1 amide bonds. The van der Waals surface area contributed by atoms with Gasteiger partial charge in [-0.15, -0.1) is 0 Å². The Kier molecular flexibility index (Phi) is 7.00. The van der Waals surface area contributed by atoms with Gasteiger partial charge in [-0.05, 0) is 42.3 Å². The van der Waals surface area contributed by atoms with Gasteiger partial charge < -0.3 is 18.6 Å². The van der Waals surface area contributed by atoms with Crippen LogP contribution in [0, 0.1) is 0 Å². The first-order valence-corrected chi connectivity index (χ1v) is 11.3. The van der Waals surface area contributed by atoms with Gasteiger partial charge in [0.15, 0.2) is 11.5 Å². The Morgan fingerprint density at radius 1 is 1.12 bits per heavy atom. The second-order valence-electron chi connectivity index (χ2n) is 7.06. The first kappa shape index (κ1) is 22.9. The molecule has 1 fully saturated rings. The number of methoxy groups -OCH3 is 3. The van der Waals surface area contributed by atoms with Crippen LogP contribution >= 0.6 is 24.0 Å². The SMILES string of the molecule is COc1cc(-c2ccc(/C=C3\SC(=S)N(CCc4cccnc4)C3=O)o2)cc(OC)c1OC. The molecule has 170 valence electrons. The van der Waals surface area contributed by atoms with E-state index < -0.39 is 0 Å². The summed E-state index contributed by atoms with van der Waals surface area (Å²) in [7, 11) is 4.67. The zero-order valence-corrected chi connectivity index (χ0v) is 20.0. The van der Waals surface area contributed by atoms with Crippen molar-refractivity contribution in [1.29, 1.82) is 0 Å². The van der Waals surface area contributed by atoms with Crippen molar-refractivity contribution in [3.8, 4) is 28.6 Å². The first-order valence-electron chi connectivity index (χ1n) is 10.1. The molecule has 1 saturated heterocycles. The van der Waals surface area contributed by atoms with Crippen LogP contribution < -0.4 is 14.2 Å². The highest BCUT2D eigenvalue weighted by Gasteiger charge is 2.32. The van der Waals surface area contributed by atoms with Crippen molar-refractivity contribution in [3.63, 3.8) is 0 Å². The first-order chi connectivity index (χ1) is 16.0. The minimum atomic E-state index is -0.125. The molecular weight excluding hydrogens is 460 g/mol. The minimum absolute atomic E-state index is 0.125. The van der Waals surface area contributed by atoms with Crippen LogP contribution in [-0.4, -0.2) is 48.0 Å². The molecule has 0 unspecified atom stereocenters. The number of furan rings is 1. The third kappa shape index (κ3) is 4.89. The molecule has 0 aliphatic carbocycles. The molecule has 2 aromatic heterocycles. The number of rotatable bonds is 8. The summed E-state index contributed by atoms with van der Waals surface area (Å²) in [6, 6.07) is 11.1. The number of amides is 1. The van der Waals surface area contributed by atoms with Gasteiger partial charge in [-0.3, -0.25) is 14.7 Å². The Balaban J connectivity index is 1.53. The number of benzene rings is 1. The van der Waals surface area contributed by atoms with E-state index in [2.05, 4.69) is 4.98 Å². The van der Waals surface area contributed by atoms with Crippen LogP contribution in [0.15, 0.2) is 58.1 Å². The Bertz CT molecular complexity index is 1180. The molecule has 3 aromatic rings. The maximum atomic E-state index is 12.9. The van der Waals surface area contributed by atoms with Gasteiger partial charge in [0.25, 0.3) is 5.91 Å². The Hall–Kier alpha value is -3.30. The zero-order chi connectivity index (χ0) is 23.4. The number of nitrogens with zero attached hydrogens (tertiary/aromatic N) is 2. The number of aromatic nitrogens is 1. The van der Waals surface area contributed by atoms with E-state index in [-0.39, 0.29) is 5.91 Å². The number of carbonyl (C=O) groups is 1. The molecule has 0 radical (unpaired) electrons. The van der Waals surface area contributed by atoms with Gasteiger partial charge in [-0.2, -0.15) is 0 Å². The molecule has 1 aliphatic rings. The molecule has 9 heteroatoms. The number of carbonyl (C=O) groups excluding carboxylic acids is 1. The fourth-order valence-corrected chi connectivity index (χ4v) is 4.71. The van der Waals surface area contributed by atoms with Crippen LogP contribution in [0.1, 0.15) is 11.3 Å². The van der Waals surface area contributed by atoms with Crippen LogP contribution in [0.4, 0.5) is 0 Å². The van der Waals surface area contributed by atoms with Crippen molar-refractivity contribution < 1.29 is 23.4 Å². The van der Waals surface area contributed by atoms with Crippen molar-refractivity contribution >= 4 is 40.3 Å². The summed E-state index contributed by atoms with van der Waals surface area (Å²) in [5, 5.41) is 0. The maximum Gasteiger partial charge on any atom is 0.266 e. The summed E-state index contributed by atoms with van der Waals surface area (Å²) in [5.74, 6) is 2.59. The topological polar surface area (TPSA) is 74.0 Å². The Morgan fingerprint density at radius 2 is 1.88 bits per heavy atom. The highest BCUT2D eigenvalue weighted by atomic mass is 32.2. The van der Waals surface area contributed by atoms with Gasteiger partial charge in [-0.1, -0.05) is 30.0 Å². The Morgan fingerprint density at radius 3 is 2.52 bits per heavy atom. The lowest BCUT2D eigenvalue weighted by molar-refractivity contribution is -0.122.